The van der Waals surface area contributed by atoms with Crippen molar-refractivity contribution in [1.29, 1.82) is 0 Å². The van der Waals surface area contributed by atoms with E-state index >= 15 is 0 Å². The summed E-state index contributed by atoms with van der Waals surface area (Å²) in [4.78, 5) is 17.7. The van der Waals surface area contributed by atoms with Crippen molar-refractivity contribution in [3.63, 3.8) is 0 Å². The Balaban J connectivity index is 1.42. The first-order valence-electron chi connectivity index (χ1n) is 14.0. The molecular formula is C30H35F6N3O. The second-order valence-electron chi connectivity index (χ2n) is 11.7. The topological polar surface area (TPSA) is 35.6 Å². The van der Waals surface area contributed by atoms with E-state index in [9.17, 15) is 31.1 Å². The molecule has 1 amide bonds. The number of hydrogen-bond acceptors (Lipinski definition) is 3. The summed E-state index contributed by atoms with van der Waals surface area (Å²) in [6, 6.07) is 10.5. The molecule has 3 unspecified atom stereocenters. The van der Waals surface area contributed by atoms with E-state index in [2.05, 4.69) is 10.2 Å². The Morgan fingerprint density at radius 1 is 0.925 bits per heavy atom. The number of rotatable bonds is 4. The van der Waals surface area contributed by atoms with Crippen LogP contribution in [-0.4, -0.2) is 60.5 Å². The number of likely N-dealkylation sites (tertiary alicyclic amines) is 2. The van der Waals surface area contributed by atoms with Crippen molar-refractivity contribution in [1.82, 2.24) is 15.1 Å². The standard InChI is InChI=1S/C30H35F6N3O/c31-29(32,33)23-15-22(16-24(17-23)30(34,35)36)27(40)39-13-8-25(18-26(39)14-21-6-2-1-3-7-21)38-12-5-10-28(20-38)9-4-11-37-19-28/h1-3,6-7,15-17,25-26,37H,4-5,8-14,18-20H2. The predicted octanol–water partition coefficient (Wildman–Crippen LogP) is 6.41. The molecule has 0 aliphatic carbocycles. The van der Waals surface area contributed by atoms with E-state index in [1.165, 1.54) is 17.7 Å². The third kappa shape index (κ3) is 6.48. The number of nitrogens with one attached hydrogen (secondary N) is 1. The van der Waals surface area contributed by atoms with Gasteiger partial charge in [-0.2, -0.15) is 26.3 Å². The van der Waals surface area contributed by atoms with Gasteiger partial charge in [-0.1, -0.05) is 30.3 Å². The highest BCUT2D eigenvalue weighted by Gasteiger charge is 2.42. The molecule has 2 aromatic carbocycles. The van der Waals surface area contributed by atoms with Crippen LogP contribution in [0.5, 0.6) is 0 Å². The average Bonchev–Trinajstić information content (AvgIpc) is 2.92. The number of amides is 1. The lowest BCUT2D eigenvalue weighted by Gasteiger charge is -2.50. The second kappa shape index (κ2) is 11.4. The quantitative estimate of drug-likeness (QED) is 0.434. The molecule has 40 heavy (non-hydrogen) atoms. The Morgan fingerprint density at radius 3 is 2.23 bits per heavy atom. The first kappa shape index (κ1) is 28.9. The van der Waals surface area contributed by atoms with Crippen molar-refractivity contribution in [2.75, 3.05) is 32.7 Å². The molecule has 1 N–H and O–H groups in total. The van der Waals surface area contributed by atoms with E-state index in [1.54, 1.807) is 0 Å². The van der Waals surface area contributed by atoms with Gasteiger partial charge in [0.2, 0.25) is 0 Å². The van der Waals surface area contributed by atoms with E-state index in [1.807, 2.05) is 30.3 Å². The van der Waals surface area contributed by atoms with Crippen LogP contribution in [0.25, 0.3) is 0 Å². The summed E-state index contributed by atoms with van der Waals surface area (Å²) in [5.74, 6) is -0.789. The maximum Gasteiger partial charge on any atom is 0.416 e. The van der Waals surface area contributed by atoms with Gasteiger partial charge < -0.3 is 10.2 Å². The van der Waals surface area contributed by atoms with Crippen LogP contribution < -0.4 is 5.32 Å². The minimum absolute atomic E-state index is 0.0662. The van der Waals surface area contributed by atoms with Gasteiger partial charge in [-0.3, -0.25) is 9.69 Å². The SMILES string of the molecule is O=C(c1cc(C(F)(F)F)cc(C(F)(F)F)c1)N1CCC(N2CCCC3(CCCNC3)C2)CC1Cc1ccccc1. The zero-order valence-electron chi connectivity index (χ0n) is 22.3. The van der Waals surface area contributed by atoms with Crippen molar-refractivity contribution >= 4 is 5.91 Å². The van der Waals surface area contributed by atoms with Crippen molar-refractivity contribution < 1.29 is 31.1 Å². The zero-order valence-corrected chi connectivity index (χ0v) is 22.3. The highest BCUT2D eigenvalue weighted by Crippen LogP contribution is 2.40. The number of hydrogen-bond donors (Lipinski definition) is 1. The first-order chi connectivity index (χ1) is 18.9. The minimum atomic E-state index is -5.01. The largest absolute Gasteiger partial charge is 0.416 e. The summed E-state index contributed by atoms with van der Waals surface area (Å²) >= 11 is 0. The van der Waals surface area contributed by atoms with E-state index < -0.39 is 35.0 Å². The van der Waals surface area contributed by atoms with Crippen LogP contribution in [0.15, 0.2) is 48.5 Å². The molecule has 3 fully saturated rings. The highest BCUT2D eigenvalue weighted by atomic mass is 19.4. The number of carbonyl (C=O) groups is 1. The maximum atomic E-state index is 13.7. The van der Waals surface area contributed by atoms with Crippen LogP contribution >= 0.6 is 0 Å². The van der Waals surface area contributed by atoms with Gasteiger partial charge in [0, 0.05) is 37.3 Å². The zero-order chi connectivity index (χ0) is 28.5. The van der Waals surface area contributed by atoms with E-state index in [0.29, 0.717) is 31.4 Å². The van der Waals surface area contributed by atoms with Gasteiger partial charge in [-0.05, 0) is 87.2 Å². The van der Waals surface area contributed by atoms with E-state index in [0.717, 1.165) is 44.6 Å². The Hall–Kier alpha value is -2.59. The number of piperidine rings is 3. The summed E-state index contributed by atoms with van der Waals surface area (Å²) in [6.07, 6.45) is -3.69. The van der Waals surface area contributed by atoms with Gasteiger partial charge in [0.15, 0.2) is 0 Å². The summed E-state index contributed by atoms with van der Waals surface area (Å²) in [7, 11) is 0. The van der Waals surface area contributed by atoms with Gasteiger partial charge >= 0.3 is 12.4 Å². The molecule has 0 radical (unpaired) electrons. The van der Waals surface area contributed by atoms with Crippen LogP contribution in [0, 0.1) is 5.41 Å². The molecule has 4 nitrogen and oxygen atoms in total. The Labute approximate surface area is 230 Å². The Kier molecular flexibility index (Phi) is 8.21. The lowest BCUT2D eigenvalue weighted by Crippen LogP contribution is -2.58. The molecule has 3 atom stereocenters. The van der Waals surface area contributed by atoms with Gasteiger partial charge in [0.1, 0.15) is 0 Å². The number of carbonyl (C=O) groups excluding carboxylic acids is 1. The molecule has 0 bridgehead atoms. The molecule has 0 saturated carbocycles. The smallest absolute Gasteiger partial charge is 0.335 e. The van der Waals surface area contributed by atoms with Crippen LogP contribution in [0.4, 0.5) is 26.3 Å². The molecule has 218 valence electrons. The Bertz CT molecular complexity index is 1140. The highest BCUT2D eigenvalue weighted by molar-refractivity contribution is 5.95. The molecule has 0 aromatic heterocycles. The minimum Gasteiger partial charge on any atom is -0.335 e. The average molecular weight is 568 g/mol. The fraction of sp³-hybridized carbons (Fsp3) is 0.567. The first-order valence-corrected chi connectivity index (χ1v) is 14.0. The fourth-order valence-corrected chi connectivity index (χ4v) is 6.89. The maximum absolute atomic E-state index is 13.7. The molecule has 3 heterocycles. The Morgan fingerprint density at radius 2 is 1.60 bits per heavy atom. The molecule has 3 saturated heterocycles. The van der Waals surface area contributed by atoms with E-state index in [-0.39, 0.29) is 30.1 Å². The molecule has 5 rings (SSSR count). The number of halogens is 6. The molecule has 2 aromatic rings. The second-order valence-corrected chi connectivity index (χ2v) is 11.7. The number of nitrogens with zero attached hydrogens (tertiary/aromatic N) is 2. The summed E-state index contributed by atoms with van der Waals surface area (Å²) in [6.45, 7) is 4.24. The molecule has 3 aliphatic rings. The normalized spacial score (nSPS) is 26.7. The summed E-state index contributed by atoms with van der Waals surface area (Å²) in [5.41, 5.74) is -2.31. The molecule has 10 heteroatoms. The van der Waals surface area contributed by atoms with E-state index in [4.69, 9.17) is 0 Å². The molecule has 3 aliphatic heterocycles. The van der Waals surface area contributed by atoms with Gasteiger partial charge in [0.05, 0.1) is 11.1 Å². The van der Waals surface area contributed by atoms with Crippen LogP contribution in [-0.2, 0) is 18.8 Å². The lowest BCUT2D eigenvalue weighted by atomic mass is 9.73. The fourth-order valence-electron chi connectivity index (χ4n) is 6.89. The van der Waals surface area contributed by atoms with Gasteiger partial charge in [-0.25, -0.2) is 0 Å². The van der Waals surface area contributed by atoms with Crippen LogP contribution in [0.2, 0.25) is 0 Å². The summed E-state index contributed by atoms with van der Waals surface area (Å²) in [5, 5.41) is 3.54. The lowest BCUT2D eigenvalue weighted by molar-refractivity contribution is -0.143. The number of benzene rings is 2. The van der Waals surface area contributed by atoms with Crippen LogP contribution in [0.3, 0.4) is 0 Å². The molecule has 1 spiro atoms. The van der Waals surface area contributed by atoms with Crippen LogP contribution in [0.1, 0.15) is 65.6 Å². The van der Waals surface area contributed by atoms with Gasteiger partial charge in [-0.15, -0.1) is 0 Å². The monoisotopic (exact) mass is 567 g/mol. The van der Waals surface area contributed by atoms with Crippen molar-refractivity contribution in [2.24, 2.45) is 5.41 Å². The third-order valence-electron chi connectivity index (χ3n) is 8.87. The van der Waals surface area contributed by atoms with Crippen molar-refractivity contribution in [2.45, 2.75) is 69.4 Å². The van der Waals surface area contributed by atoms with Gasteiger partial charge in [0.25, 0.3) is 5.91 Å². The summed E-state index contributed by atoms with van der Waals surface area (Å²) < 4.78 is 81.1. The third-order valence-corrected chi connectivity index (χ3v) is 8.87. The number of alkyl halides is 6. The van der Waals surface area contributed by atoms with Crippen molar-refractivity contribution in [3.8, 4) is 0 Å². The predicted molar refractivity (Wildman–Crippen MR) is 140 cm³/mol. The molecular weight excluding hydrogens is 532 g/mol. The van der Waals surface area contributed by atoms with Crippen molar-refractivity contribution in [3.05, 3.63) is 70.8 Å².